The lowest BCUT2D eigenvalue weighted by Gasteiger charge is -2.08. The smallest absolute Gasteiger partial charge is 0.257 e. The quantitative estimate of drug-likeness (QED) is 0.814. The third-order valence-corrected chi connectivity index (χ3v) is 3.13. The van der Waals surface area contributed by atoms with Crippen molar-refractivity contribution in [2.45, 2.75) is 13.3 Å². The molecule has 0 saturated carbocycles. The molecule has 2 aromatic rings. The number of hydrogen-bond donors (Lipinski definition) is 1. The van der Waals surface area contributed by atoms with Crippen molar-refractivity contribution < 1.29 is 18.7 Å². The molecule has 0 bridgehead atoms. The van der Waals surface area contributed by atoms with E-state index in [1.165, 1.54) is 12.1 Å². The van der Waals surface area contributed by atoms with E-state index in [0.717, 1.165) is 11.3 Å². The Hall–Kier alpha value is -2.56. The number of halogens is 1. The summed E-state index contributed by atoms with van der Waals surface area (Å²) in [5, 5.41) is 2.74. The molecule has 2 rings (SSSR count). The topological polar surface area (TPSA) is 47.6 Å². The second-order valence-electron chi connectivity index (χ2n) is 4.92. The van der Waals surface area contributed by atoms with Crippen LogP contribution in [-0.4, -0.2) is 25.7 Å². The zero-order valence-electron chi connectivity index (χ0n) is 13.0. The number of ether oxygens (including phenoxy) is 2. The molecule has 0 aliphatic heterocycles. The van der Waals surface area contributed by atoms with E-state index < -0.39 is 0 Å². The van der Waals surface area contributed by atoms with Gasteiger partial charge in [-0.25, -0.2) is 4.39 Å². The Labute approximate surface area is 135 Å². The first-order chi connectivity index (χ1) is 11.2. The minimum Gasteiger partial charge on any atom is -0.494 e. The summed E-state index contributed by atoms with van der Waals surface area (Å²) in [5.74, 6) is 0.885. The van der Waals surface area contributed by atoms with Crippen molar-refractivity contribution in [3.63, 3.8) is 0 Å². The molecule has 122 valence electrons. The molecule has 0 aliphatic carbocycles. The van der Waals surface area contributed by atoms with Gasteiger partial charge in [-0.1, -0.05) is 12.1 Å². The fraction of sp³-hybridized carbons (Fsp3) is 0.278. The van der Waals surface area contributed by atoms with Crippen LogP contribution in [0, 0.1) is 5.82 Å². The predicted octanol–water partition coefficient (Wildman–Crippen LogP) is 2.96. The first kappa shape index (κ1) is 16.8. The molecule has 0 fully saturated rings. The van der Waals surface area contributed by atoms with Gasteiger partial charge in [0.05, 0.1) is 6.61 Å². The maximum Gasteiger partial charge on any atom is 0.257 e. The van der Waals surface area contributed by atoms with Crippen LogP contribution in [0.15, 0.2) is 48.5 Å². The molecule has 0 radical (unpaired) electrons. The van der Waals surface area contributed by atoms with Crippen molar-refractivity contribution in [1.82, 2.24) is 5.32 Å². The number of rotatable bonds is 8. The average molecular weight is 317 g/mol. The van der Waals surface area contributed by atoms with Crippen molar-refractivity contribution in [1.29, 1.82) is 0 Å². The Morgan fingerprint density at radius 3 is 2.43 bits per heavy atom. The largest absolute Gasteiger partial charge is 0.494 e. The summed E-state index contributed by atoms with van der Waals surface area (Å²) < 4.78 is 23.7. The molecule has 0 unspecified atom stereocenters. The summed E-state index contributed by atoms with van der Waals surface area (Å²) in [5.41, 5.74) is 0.845. The number of carbonyl (C=O) groups is 1. The molecule has 1 N–H and O–H groups in total. The third kappa shape index (κ3) is 5.98. The van der Waals surface area contributed by atoms with E-state index in [0.29, 0.717) is 25.3 Å². The number of hydrogen-bond acceptors (Lipinski definition) is 3. The summed E-state index contributed by atoms with van der Waals surface area (Å²) in [6, 6.07) is 13.4. The zero-order valence-corrected chi connectivity index (χ0v) is 13.0. The van der Waals surface area contributed by atoms with Crippen LogP contribution in [0.25, 0.3) is 0 Å². The second kappa shape index (κ2) is 8.78. The van der Waals surface area contributed by atoms with E-state index in [1.807, 2.05) is 13.0 Å². The first-order valence-corrected chi connectivity index (χ1v) is 7.54. The zero-order chi connectivity index (χ0) is 16.5. The SMILES string of the molecule is CCOc1ccc(OCC(=O)NCCc2cccc(F)c2)cc1. The van der Waals surface area contributed by atoms with Gasteiger partial charge in [0.2, 0.25) is 0 Å². The van der Waals surface area contributed by atoms with Crippen LogP contribution in [0.2, 0.25) is 0 Å². The van der Waals surface area contributed by atoms with Crippen LogP contribution < -0.4 is 14.8 Å². The van der Waals surface area contributed by atoms with Gasteiger partial charge in [-0.2, -0.15) is 0 Å². The van der Waals surface area contributed by atoms with E-state index in [9.17, 15) is 9.18 Å². The summed E-state index contributed by atoms with van der Waals surface area (Å²) in [6.07, 6.45) is 0.576. The van der Waals surface area contributed by atoms with Crippen molar-refractivity contribution >= 4 is 5.91 Å². The predicted molar refractivity (Wildman–Crippen MR) is 86.2 cm³/mol. The lowest BCUT2D eigenvalue weighted by Crippen LogP contribution is -2.30. The number of carbonyl (C=O) groups excluding carboxylic acids is 1. The summed E-state index contributed by atoms with van der Waals surface area (Å²) >= 11 is 0. The molecule has 0 aliphatic rings. The number of amides is 1. The molecule has 23 heavy (non-hydrogen) atoms. The Kier molecular flexibility index (Phi) is 6.41. The van der Waals surface area contributed by atoms with Gasteiger partial charge >= 0.3 is 0 Å². The molecular weight excluding hydrogens is 297 g/mol. The maximum atomic E-state index is 13.0. The molecule has 0 aromatic heterocycles. The summed E-state index contributed by atoms with van der Waals surface area (Å²) in [4.78, 5) is 11.7. The Balaban J connectivity index is 1.68. The summed E-state index contributed by atoms with van der Waals surface area (Å²) in [6.45, 7) is 2.90. The number of benzene rings is 2. The van der Waals surface area contributed by atoms with Gasteiger partial charge in [-0.15, -0.1) is 0 Å². The van der Waals surface area contributed by atoms with Gasteiger partial charge in [0.15, 0.2) is 6.61 Å². The van der Waals surface area contributed by atoms with E-state index in [1.54, 1.807) is 30.3 Å². The van der Waals surface area contributed by atoms with Gasteiger partial charge in [0.1, 0.15) is 17.3 Å². The van der Waals surface area contributed by atoms with Crippen molar-refractivity contribution in [3.8, 4) is 11.5 Å². The van der Waals surface area contributed by atoms with Crippen molar-refractivity contribution in [2.75, 3.05) is 19.8 Å². The molecular formula is C18H20FNO3. The molecule has 0 atom stereocenters. The van der Waals surface area contributed by atoms with Gasteiger partial charge in [0, 0.05) is 6.54 Å². The highest BCUT2D eigenvalue weighted by atomic mass is 19.1. The molecule has 5 heteroatoms. The molecule has 2 aromatic carbocycles. The molecule has 0 spiro atoms. The van der Waals surface area contributed by atoms with Gasteiger partial charge in [0.25, 0.3) is 5.91 Å². The van der Waals surface area contributed by atoms with E-state index in [-0.39, 0.29) is 18.3 Å². The highest BCUT2D eigenvalue weighted by Gasteiger charge is 2.03. The van der Waals surface area contributed by atoms with E-state index in [2.05, 4.69) is 5.32 Å². The minimum atomic E-state index is -0.271. The maximum absolute atomic E-state index is 13.0. The van der Waals surface area contributed by atoms with Crippen molar-refractivity contribution in [3.05, 3.63) is 59.9 Å². The minimum absolute atomic E-state index is 0.0584. The second-order valence-corrected chi connectivity index (χ2v) is 4.92. The molecule has 0 saturated heterocycles. The number of nitrogens with one attached hydrogen (secondary N) is 1. The van der Waals surface area contributed by atoms with E-state index >= 15 is 0 Å². The lowest BCUT2D eigenvalue weighted by molar-refractivity contribution is -0.123. The fourth-order valence-corrected chi connectivity index (χ4v) is 2.04. The third-order valence-electron chi connectivity index (χ3n) is 3.13. The fourth-order valence-electron chi connectivity index (χ4n) is 2.04. The first-order valence-electron chi connectivity index (χ1n) is 7.54. The van der Waals surface area contributed by atoms with Gasteiger partial charge in [-0.05, 0) is 55.3 Å². The highest BCUT2D eigenvalue weighted by molar-refractivity contribution is 5.77. The standard InChI is InChI=1S/C18H20FNO3/c1-2-22-16-6-8-17(9-7-16)23-13-18(21)20-11-10-14-4-3-5-15(19)12-14/h3-9,12H,2,10-11,13H2,1H3,(H,20,21). The van der Waals surface area contributed by atoms with Crippen LogP contribution in [0.1, 0.15) is 12.5 Å². The Morgan fingerprint density at radius 2 is 1.78 bits per heavy atom. The van der Waals surface area contributed by atoms with Crippen LogP contribution in [0.4, 0.5) is 4.39 Å². The highest BCUT2D eigenvalue weighted by Crippen LogP contribution is 2.17. The summed E-state index contributed by atoms with van der Waals surface area (Å²) in [7, 11) is 0. The lowest BCUT2D eigenvalue weighted by atomic mass is 10.1. The van der Waals surface area contributed by atoms with Crippen LogP contribution in [-0.2, 0) is 11.2 Å². The van der Waals surface area contributed by atoms with Crippen molar-refractivity contribution in [2.24, 2.45) is 0 Å². The average Bonchev–Trinajstić information content (AvgIpc) is 2.55. The van der Waals surface area contributed by atoms with Crippen LogP contribution >= 0.6 is 0 Å². The van der Waals surface area contributed by atoms with Crippen LogP contribution in [0.3, 0.4) is 0 Å². The van der Waals surface area contributed by atoms with Gasteiger partial charge < -0.3 is 14.8 Å². The Morgan fingerprint density at radius 1 is 1.09 bits per heavy atom. The van der Waals surface area contributed by atoms with E-state index in [4.69, 9.17) is 9.47 Å². The monoisotopic (exact) mass is 317 g/mol. The molecule has 4 nitrogen and oxygen atoms in total. The molecule has 1 amide bonds. The molecule has 0 heterocycles. The van der Waals surface area contributed by atoms with Gasteiger partial charge in [-0.3, -0.25) is 4.79 Å². The van der Waals surface area contributed by atoms with Crippen LogP contribution in [0.5, 0.6) is 11.5 Å². The normalized spacial score (nSPS) is 10.2. The Bertz CT molecular complexity index is 628.